The van der Waals surface area contributed by atoms with Crippen LogP contribution in [0.1, 0.15) is 63.5 Å². The average molecular weight is 573 g/mol. The molecule has 2 atom stereocenters. The summed E-state index contributed by atoms with van der Waals surface area (Å²) in [5.74, 6) is 0.896. The normalized spacial score (nSPS) is 19.3. The van der Waals surface area contributed by atoms with E-state index in [1.165, 1.54) is 0 Å². The van der Waals surface area contributed by atoms with E-state index in [1.807, 2.05) is 58.3 Å². The summed E-state index contributed by atoms with van der Waals surface area (Å²) in [6.07, 6.45) is 10.3. The lowest BCUT2D eigenvalue weighted by molar-refractivity contribution is 0.00561. The van der Waals surface area contributed by atoms with Crippen LogP contribution in [-0.2, 0) is 4.74 Å². The molecule has 0 bridgehead atoms. The molecule has 0 radical (unpaired) electrons. The first kappa shape index (κ1) is 27.7. The predicted octanol–water partition coefficient (Wildman–Crippen LogP) is 4.61. The SMILES string of the molecule is Cc1cn2cc(NC(=O)c3cnc(N4C[C@@H](C)N(C(=O)OC(C)(C)C)[C@@H](C)C4)c4nccnc34)cc(OC3CC3)c2n1. The van der Waals surface area contributed by atoms with Crippen LogP contribution >= 0.6 is 0 Å². The highest BCUT2D eigenvalue weighted by atomic mass is 16.6. The molecule has 4 aromatic heterocycles. The molecular weight excluding hydrogens is 536 g/mol. The number of fused-ring (bicyclic) bond motifs is 2. The number of aromatic nitrogens is 5. The third kappa shape index (κ3) is 5.53. The van der Waals surface area contributed by atoms with Crippen LogP contribution in [0.15, 0.2) is 37.1 Å². The van der Waals surface area contributed by atoms with Gasteiger partial charge in [-0.25, -0.2) is 19.7 Å². The van der Waals surface area contributed by atoms with Crippen molar-refractivity contribution in [2.24, 2.45) is 0 Å². The second kappa shape index (κ2) is 10.4. The van der Waals surface area contributed by atoms with Gasteiger partial charge in [0.25, 0.3) is 5.91 Å². The van der Waals surface area contributed by atoms with Crippen molar-refractivity contribution < 1.29 is 19.1 Å². The Kier molecular flexibility index (Phi) is 6.86. The summed E-state index contributed by atoms with van der Waals surface area (Å²) < 4.78 is 13.6. The van der Waals surface area contributed by atoms with Gasteiger partial charge in [-0.1, -0.05) is 0 Å². The molecule has 1 N–H and O–H groups in total. The molecule has 0 aromatic carbocycles. The second-order valence-corrected chi connectivity index (χ2v) is 12.2. The lowest BCUT2D eigenvalue weighted by Crippen LogP contribution is -2.59. The lowest BCUT2D eigenvalue weighted by atomic mass is 10.1. The van der Waals surface area contributed by atoms with Crippen LogP contribution in [0.3, 0.4) is 0 Å². The number of hydrogen-bond donors (Lipinski definition) is 1. The summed E-state index contributed by atoms with van der Waals surface area (Å²) in [6.45, 7) is 12.5. The Morgan fingerprint density at radius 2 is 1.69 bits per heavy atom. The monoisotopic (exact) mass is 572 g/mol. The van der Waals surface area contributed by atoms with E-state index in [1.54, 1.807) is 29.6 Å². The van der Waals surface area contributed by atoms with Gasteiger partial charge in [-0.3, -0.25) is 14.7 Å². The maximum absolute atomic E-state index is 13.6. The van der Waals surface area contributed by atoms with Crippen molar-refractivity contribution in [2.75, 3.05) is 23.3 Å². The highest BCUT2D eigenvalue weighted by molar-refractivity contribution is 6.12. The zero-order chi connectivity index (χ0) is 29.8. The molecule has 4 aromatic rings. The van der Waals surface area contributed by atoms with Crippen molar-refractivity contribution in [3.05, 3.63) is 48.3 Å². The number of hydrogen-bond acceptors (Lipinski definition) is 9. The minimum atomic E-state index is -0.577. The Balaban J connectivity index is 1.26. The first-order chi connectivity index (χ1) is 20.0. The summed E-state index contributed by atoms with van der Waals surface area (Å²) in [4.78, 5) is 48.7. The van der Waals surface area contributed by atoms with E-state index in [0.29, 0.717) is 46.9 Å². The third-order valence-electron chi connectivity index (χ3n) is 7.26. The van der Waals surface area contributed by atoms with Crippen LogP contribution < -0.4 is 15.0 Å². The van der Waals surface area contributed by atoms with Crippen molar-refractivity contribution >= 4 is 40.2 Å². The summed E-state index contributed by atoms with van der Waals surface area (Å²) >= 11 is 0. The minimum absolute atomic E-state index is 0.131. The van der Waals surface area contributed by atoms with E-state index in [4.69, 9.17) is 14.5 Å². The van der Waals surface area contributed by atoms with Crippen LogP contribution in [0.5, 0.6) is 5.75 Å². The molecule has 0 spiro atoms. The molecule has 1 saturated carbocycles. The molecule has 2 fully saturated rings. The lowest BCUT2D eigenvalue weighted by Gasteiger charge is -2.44. The molecule has 5 heterocycles. The van der Waals surface area contributed by atoms with Gasteiger partial charge in [0.2, 0.25) is 0 Å². The third-order valence-corrected chi connectivity index (χ3v) is 7.26. The Bertz CT molecular complexity index is 1660. The minimum Gasteiger partial charge on any atom is -0.486 e. The summed E-state index contributed by atoms with van der Waals surface area (Å²) in [6, 6.07) is 1.54. The van der Waals surface area contributed by atoms with Crippen LogP contribution in [0.25, 0.3) is 16.7 Å². The standard InChI is InChI=1S/C30H36N8O4/c1-17-13-36-16-20(11-23(26(36)34-17)41-21-7-8-21)35-28(39)22-12-33-27(25-24(22)31-9-10-32-25)37-14-18(2)38(19(3)15-37)29(40)42-30(4,5)6/h9-13,16,18-19,21H,7-8,14-15H2,1-6H3,(H,35,39)/t18-,19+. The van der Waals surface area contributed by atoms with E-state index in [9.17, 15) is 9.59 Å². The number of nitrogens with one attached hydrogen (secondary N) is 1. The van der Waals surface area contributed by atoms with Crippen molar-refractivity contribution in [2.45, 2.75) is 78.2 Å². The molecule has 1 aliphatic heterocycles. The van der Waals surface area contributed by atoms with Crippen LogP contribution in [-0.4, -0.2) is 78.1 Å². The fraction of sp³-hybridized carbons (Fsp3) is 0.467. The first-order valence-electron chi connectivity index (χ1n) is 14.3. The molecule has 12 heteroatoms. The zero-order valence-electron chi connectivity index (χ0n) is 24.8. The molecule has 1 saturated heterocycles. The van der Waals surface area contributed by atoms with Gasteiger partial charge >= 0.3 is 6.09 Å². The molecule has 1 aliphatic carbocycles. The Hall–Kier alpha value is -4.48. The van der Waals surface area contributed by atoms with Gasteiger partial charge in [0, 0.05) is 50.1 Å². The van der Waals surface area contributed by atoms with Crippen LogP contribution in [0.4, 0.5) is 16.3 Å². The number of pyridine rings is 2. The largest absolute Gasteiger partial charge is 0.486 e. The van der Waals surface area contributed by atoms with E-state index < -0.39 is 5.60 Å². The van der Waals surface area contributed by atoms with Gasteiger partial charge in [0.05, 0.1) is 35.1 Å². The van der Waals surface area contributed by atoms with E-state index >= 15 is 0 Å². The van der Waals surface area contributed by atoms with E-state index in [2.05, 4.69) is 25.2 Å². The number of anilines is 2. The highest BCUT2D eigenvalue weighted by Gasteiger charge is 2.37. The van der Waals surface area contributed by atoms with Crippen molar-refractivity contribution in [1.82, 2.24) is 29.2 Å². The molecule has 12 nitrogen and oxygen atoms in total. The first-order valence-corrected chi connectivity index (χ1v) is 14.3. The van der Waals surface area contributed by atoms with Crippen LogP contribution in [0.2, 0.25) is 0 Å². The van der Waals surface area contributed by atoms with Crippen LogP contribution in [0, 0.1) is 6.92 Å². The molecule has 0 unspecified atom stereocenters. The number of carbonyl (C=O) groups is 2. The van der Waals surface area contributed by atoms with Gasteiger partial charge in [0.1, 0.15) is 16.6 Å². The maximum atomic E-state index is 13.6. The van der Waals surface area contributed by atoms with Crippen molar-refractivity contribution in [1.29, 1.82) is 0 Å². The number of ether oxygens (including phenoxy) is 2. The number of rotatable bonds is 5. The second-order valence-electron chi connectivity index (χ2n) is 12.2. The number of nitrogens with zero attached hydrogens (tertiary/aromatic N) is 7. The predicted molar refractivity (Wildman–Crippen MR) is 158 cm³/mol. The molecular formula is C30H36N8O4. The number of imidazole rings is 1. The molecule has 2 aliphatic rings. The quantitative estimate of drug-likeness (QED) is 0.365. The van der Waals surface area contributed by atoms with Gasteiger partial charge < -0.3 is 24.1 Å². The Morgan fingerprint density at radius 3 is 2.36 bits per heavy atom. The molecule has 6 rings (SSSR count). The van der Waals surface area contributed by atoms with Gasteiger partial charge in [-0.15, -0.1) is 0 Å². The molecule has 2 amide bonds. The fourth-order valence-electron chi connectivity index (χ4n) is 5.42. The summed E-state index contributed by atoms with van der Waals surface area (Å²) in [5, 5.41) is 2.99. The van der Waals surface area contributed by atoms with Gasteiger partial charge in [0.15, 0.2) is 17.2 Å². The number of aryl methyl sites for hydroxylation is 1. The van der Waals surface area contributed by atoms with Crippen molar-refractivity contribution in [3.63, 3.8) is 0 Å². The number of carbonyl (C=O) groups excluding carboxylic acids is 2. The van der Waals surface area contributed by atoms with E-state index in [0.717, 1.165) is 24.2 Å². The molecule has 220 valence electrons. The van der Waals surface area contributed by atoms with Gasteiger partial charge in [-0.2, -0.15) is 0 Å². The number of piperazine rings is 1. The van der Waals surface area contributed by atoms with E-state index in [-0.39, 0.29) is 30.2 Å². The Morgan fingerprint density at radius 1 is 1.00 bits per heavy atom. The Labute approximate surface area is 244 Å². The summed E-state index contributed by atoms with van der Waals surface area (Å²) in [5.41, 5.74) is 2.85. The fourth-order valence-corrected chi connectivity index (χ4v) is 5.42. The maximum Gasteiger partial charge on any atom is 0.410 e. The zero-order valence-corrected chi connectivity index (χ0v) is 24.8. The van der Waals surface area contributed by atoms with Gasteiger partial charge in [-0.05, 0) is 54.4 Å². The number of amides is 2. The smallest absolute Gasteiger partial charge is 0.410 e. The van der Waals surface area contributed by atoms with Crippen molar-refractivity contribution in [3.8, 4) is 5.75 Å². The topological polar surface area (TPSA) is 127 Å². The summed E-state index contributed by atoms with van der Waals surface area (Å²) in [7, 11) is 0. The average Bonchev–Trinajstić information content (AvgIpc) is 3.64. The molecule has 42 heavy (non-hydrogen) atoms. The highest BCUT2D eigenvalue weighted by Crippen LogP contribution is 2.33.